The van der Waals surface area contributed by atoms with Gasteiger partial charge in [0, 0.05) is 31.3 Å². The van der Waals surface area contributed by atoms with Crippen LogP contribution in [0.2, 0.25) is 0 Å². The van der Waals surface area contributed by atoms with Crippen molar-refractivity contribution in [1.29, 1.82) is 0 Å². The average molecular weight is 290 g/mol. The molecule has 0 radical (unpaired) electrons. The van der Waals surface area contributed by atoms with Gasteiger partial charge < -0.3 is 10.6 Å². The van der Waals surface area contributed by atoms with Crippen LogP contribution in [0.3, 0.4) is 0 Å². The van der Waals surface area contributed by atoms with E-state index in [-0.39, 0.29) is 11.7 Å². The summed E-state index contributed by atoms with van der Waals surface area (Å²) in [4.78, 5) is 11.6. The predicted molar refractivity (Wildman–Crippen MR) is 78.6 cm³/mol. The minimum absolute atomic E-state index is 0.00159. The largest absolute Gasteiger partial charge is 0.352 e. The van der Waals surface area contributed by atoms with Gasteiger partial charge in [-0.25, -0.2) is 9.07 Å². The Morgan fingerprint density at radius 1 is 1.33 bits per heavy atom. The number of carbonyl (C=O) groups excluding carboxylic acids is 1. The summed E-state index contributed by atoms with van der Waals surface area (Å²) in [5.41, 5.74) is 2.57. The van der Waals surface area contributed by atoms with Gasteiger partial charge in [-0.2, -0.15) is 5.10 Å². The summed E-state index contributed by atoms with van der Waals surface area (Å²) >= 11 is 0. The van der Waals surface area contributed by atoms with Crippen LogP contribution in [-0.4, -0.2) is 29.3 Å². The smallest absolute Gasteiger partial charge is 0.221 e. The van der Waals surface area contributed by atoms with Gasteiger partial charge in [-0.05, 0) is 38.2 Å². The van der Waals surface area contributed by atoms with E-state index in [0.29, 0.717) is 19.5 Å². The van der Waals surface area contributed by atoms with Crippen LogP contribution in [0.4, 0.5) is 4.39 Å². The highest BCUT2D eigenvalue weighted by atomic mass is 19.1. The van der Waals surface area contributed by atoms with Gasteiger partial charge in [0.2, 0.25) is 5.91 Å². The van der Waals surface area contributed by atoms with Crippen LogP contribution < -0.4 is 10.6 Å². The van der Waals surface area contributed by atoms with E-state index in [1.807, 2.05) is 20.2 Å². The number of benzene rings is 1. The maximum atomic E-state index is 12.9. The lowest BCUT2D eigenvalue weighted by atomic mass is 10.2. The second-order valence-electron chi connectivity index (χ2n) is 4.79. The number of aryl methyl sites for hydroxylation is 1. The van der Waals surface area contributed by atoms with Crippen molar-refractivity contribution in [1.82, 2.24) is 20.4 Å². The second kappa shape index (κ2) is 6.99. The zero-order chi connectivity index (χ0) is 15.2. The lowest BCUT2D eigenvalue weighted by Gasteiger charge is -2.03. The quantitative estimate of drug-likeness (QED) is 0.848. The summed E-state index contributed by atoms with van der Waals surface area (Å²) in [6.45, 7) is 2.98. The standard InChI is InChI=1S/C15H19FN4O/c1-11-12(9-18-15(21)7-8-17-2)10-20(19-11)14-5-3-13(16)4-6-14/h3-6,10,17H,7-9H2,1-2H3,(H,18,21). The first-order valence-electron chi connectivity index (χ1n) is 6.82. The molecule has 1 amide bonds. The number of hydrogen-bond donors (Lipinski definition) is 2. The van der Waals surface area contributed by atoms with E-state index >= 15 is 0 Å². The van der Waals surface area contributed by atoms with Gasteiger partial charge in [0.05, 0.1) is 11.4 Å². The molecule has 6 heteroatoms. The van der Waals surface area contributed by atoms with Crippen molar-refractivity contribution in [3.63, 3.8) is 0 Å². The molecule has 112 valence electrons. The van der Waals surface area contributed by atoms with Gasteiger partial charge in [-0.3, -0.25) is 4.79 Å². The molecule has 0 aliphatic carbocycles. The Morgan fingerprint density at radius 2 is 2.05 bits per heavy atom. The monoisotopic (exact) mass is 290 g/mol. The van der Waals surface area contributed by atoms with E-state index in [0.717, 1.165) is 16.9 Å². The summed E-state index contributed by atoms with van der Waals surface area (Å²) in [7, 11) is 1.81. The van der Waals surface area contributed by atoms with Gasteiger partial charge in [0.1, 0.15) is 5.82 Å². The molecule has 0 unspecified atom stereocenters. The Kier molecular flexibility index (Phi) is 5.05. The van der Waals surface area contributed by atoms with Crippen LogP contribution in [0.1, 0.15) is 17.7 Å². The van der Waals surface area contributed by atoms with Gasteiger partial charge in [0.15, 0.2) is 0 Å². The van der Waals surface area contributed by atoms with E-state index in [4.69, 9.17) is 0 Å². The second-order valence-corrected chi connectivity index (χ2v) is 4.79. The molecule has 0 bridgehead atoms. The van der Waals surface area contributed by atoms with Crippen molar-refractivity contribution in [2.24, 2.45) is 0 Å². The molecule has 1 aromatic heterocycles. The van der Waals surface area contributed by atoms with E-state index in [1.54, 1.807) is 16.8 Å². The lowest BCUT2D eigenvalue weighted by Crippen LogP contribution is -2.26. The molecule has 1 aromatic carbocycles. The average Bonchev–Trinajstić information content (AvgIpc) is 2.85. The molecule has 0 spiro atoms. The van der Waals surface area contributed by atoms with Crippen LogP contribution in [0.25, 0.3) is 5.69 Å². The van der Waals surface area contributed by atoms with Gasteiger partial charge in [-0.1, -0.05) is 0 Å². The molecule has 2 aromatic rings. The number of rotatable bonds is 6. The fraction of sp³-hybridized carbons (Fsp3) is 0.333. The Hall–Kier alpha value is -2.21. The van der Waals surface area contributed by atoms with Crippen molar-refractivity contribution < 1.29 is 9.18 Å². The maximum absolute atomic E-state index is 12.9. The minimum Gasteiger partial charge on any atom is -0.352 e. The summed E-state index contributed by atoms with van der Waals surface area (Å²) in [6, 6.07) is 6.12. The van der Waals surface area contributed by atoms with Crippen molar-refractivity contribution >= 4 is 5.91 Å². The van der Waals surface area contributed by atoms with Crippen molar-refractivity contribution in [3.05, 3.63) is 47.5 Å². The molecular weight excluding hydrogens is 271 g/mol. The number of nitrogens with zero attached hydrogens (tertiary/aromatic N) is 2. The molecule has 0 aliphatic rings. The molecule has 0 aliphatic heterocycles. The highest BCUT2D eigenvalue weighted by Crippen LogP contribution is 2.12. The molecule has 0 atom stereocenters. The van der Waals surface area contributed by atoms with E-state index in [9.17, 15) is 9.18 Å². The lowest BCUT2D eigenvalue weighted by molar-refractivity contribution is -0.121. The van der Waals surface area contributed by atoms with Crippen LogP contribution in [-0.2, 0) is 11.3 Å². The third-order valence-electron chi connectivity index (χ3n) is 3.17. The Bertz CT molecular complexity index is 607. The van der Waals surface area contributed by atoms with Gasteiger partial charge in [-0.15, -0.1) is 0 Å². The fourth-order valence-corrected chi connectivity index (χ4v) is 1.92. The number of aromatic nitrogens is 2. The Balaban J connectivity index is 2.02. The molecule has 0 fully saturated rings. The minimum atomic E-state index is -0.278. The molecular formula is C15H19FN4O. The summed E-state index contributed by atoms with van der Waals surface area (Å²) in [6.07, 6.45) is 2.29. The Morgan fingerprint density at radius 3 is 2.71 bits per heavy atom. The summed E-state index contributed by atoms with van der Waals surface area (Å²) in [5, 5.41) is 10.2. The number of halogens is 1. The summed E-state index contributed by atoms with van der Waals surface area (Å²) in [5.74, 6) is -0.280. The number of hydrogen-bond acceptors (Lipinski definition) is 3. The van der Waals surface area contributed by atoms with E-state index in [2.05, 4.69) is 15.7 Å². The van der Waals surface area contributed by atoms with E-state index in [1.165, 1.54) is 12.1 Å². The topological polar surface area (TPSA) is 59.0 Å². The van der Waals surface area contributed by atoms with Crippen LogP contribution >= 0.6 is 0 Å². The predicted octanol–water partition coefficient (Wildman–Crippen LogP) is 1.55. The maximum Gasteiger partial charge on any atom is 0.221 e. The van der Waals surface area contributed by atoms with Crippen LogP contribution in [0.15, 0.2) is 30.5 Å². The fourth-order valence-electron chi connectivity index (χ4n) is 1.92. The van der Waals surface area contributed by atoms with Gasteiger partial charge in [0.25, 0.3) is 0 Å². The highest BCUT2D eigenvalue weighted by molar-refractivity contribution is 5.76. The summed E-state index contributed by atoms with van der Waals surface area (Å²) < 4.78 is 14.6. The third-order valence-corrected chi connectivity index (χ3v) is 3.17. The third kappa shape index (κ3) is 4.13. The molecule has 5 nitrogen and oxygen atoms in total. The van der Waals surface area contributed by atoms with Crippen molar-refractivity contribution in [3.8, 4) is 5.69 Å². The molecule has 0 saturated carbocycles. The van der Waals surface area contributed by atoms with Crippen molar-refractivity contribution in [2.45, 2.75) is 19.9 Å². The number of nitrogens with one attached hydrogen (secondary N) is 2. The first-order chi connectivity index (χ1) is 10.1. The van der Waals surface area contributed by atoms with Gasteiger partial charge >= 0.3 is 0 Å². The molecule has 2 N–H and O–H groups in total. The molecule has 0 saturated heterocycles. The molecule has 21 heavy (non-hydrogen) atoms. The molecule has 1 heterocycles. The first kappa shape index (κ1) is 15.2. The number of amides is 1. The SMILES string of the molecule is CNCCC(=O)NCc1cn(-c2ccc(F)cc2)nc1C. The molecule has 2 rings (SSSR count). The van der Waals surface area contributed by atoms with Crippen LogP contribution in [0, 0.1) is 12.7 Å². The zero-order valence-corrected chi connectivity index (χ0v) is 12.2. The number of carbonyl (C=O) groups is 1. The van der Waals surface area contributed by atoms with Crippen molar-refractivity contribution in [2.75, 3.05) is 13.6 Å². The normalized spacial score (nSPS) is 10.6. The van der Waals surface area contributed by atoms with Crippen LogP contribution in [0.5, 0.6) is 0 Å². The van der Waals surface area contributed by atoms with E-state index < -0.39 is 0 Å². The Labute approximate surface area is 123 Å². The zero-order valence-electron chi connectivity index (χ0n) is 12.2. The highest BCUT2D eigenvalue weighted by Gasteiger charge is 2.08. The first-order valence-corrected chi connectivity index (χ1v) is 6.82.